The van der Waals surface area contributed by atoms with Crippen LogP contribution in [0.5, 0.6) is 0 Å². The third-order valence-corrected chi connectivity index (χ3v) is 9.70. The number of imidazole rings is 1. The lowest BCUT2D eigenvalue weighted by atomic mass is 9.99. The van der Waals surface area contributed by atoms with Crippen molar-refractivity contribution in [3.63, 3.8) is 0 Å². The van der Waals surface area contributed by atoms with Gasteiger partial charge in [-0.1, -0.05) is 24.6 Å². The lowest BCUT2D eigenvalue weighted by Crippen LogP contribution is -3.05. The molecule has 1 aliphatic rings. The topological polar surface area (TPSA) is 159 Å². The van der Waals surface area contributed by atoms with Gasteiger partial charge in [0.1, 0.15) is 0 Å². The predicted molar refractivity (Wildman–Crippen MR) is 201 cm³/mol. The van der Waals surface area contributed by atoms with Crippen molar-refractivity contribution in [2.75, 3.05) is 59.2 Å². The molecule has 4 aromatic rings. The molecule has 3 amide bonds. The van der Waals surface area contributed by atoms with Crippen LogP contribution in [-0.2, 0) is 11.8 Å². The molecular weight excluding hydrogens is 706 g/mol. The van der Waals surface area contributed by atoms with Crippen LogP contribution in [0.15, 0.2) is 53.9 Å². The van der Waals surface area contributed by atoms with Crippen LogP contribution in [0.2, 0.25) is 5.02 Å². The van der Waals surface area contributed by atoms with Crippen molar-refractivity contribution in [3.8, 4) is 22.4 Å². The molecule has 3 heterocycles. The first-order valence-corrected chi connectivity index (χ1v) is 17.6. The average Bonchev–Trinajstić information content (AvgIpc) is 3.78. The van der Waals surface area contributed by atoms with Crippen molar-refractivity contribution in [3.05, 3.63) is 82.7 Å². The molecule has 5 N–H and O–H groups in total. The van der Waals surface area contributed by atoms with E-state index in [9.17, 15) is 14.4 Å². The molecule has 5 rings (SSSR count). The fourth-order valence-corrected chi connectivity index (χ4v) is 6.60. The highest BCUT2D eigenvalue weighted by molar-refractivity contribution is 6.34. The number of anilines is 1. The number of nitrogens with two attached hydrogens (primary N) is 1. The summed E-state index contributed by atoms with van der Waals surface area (Å²) >= 11 is 6.54. The van der Waals surface area contributed by atoms with Crippen molar-refractivity contribution in [1.82, 2.24) is 29.5 Å². The largest absolute Gasteiger partial charge is 0.404 e. The molecular formula is C37H44ClF2N10O3+. The minimum atomic E-state index is -1.14. The molecule has 0 bridgehead atoms. The fourth-order valence-electron chi connectivity index (χ4n) is 6.34. The number of amides is 3. The standard InChI is InChI=1S/C37H43ClF2N10O3/c1-6-22(11-12-47(3)4)36(52)49-13-15-50(16-14-49)37(53)26-8-7-24(17-29(26)38)45-35(51)34-43-21-30(48(34)5)27-10-9-25(31(39)32(27)40)28-20-44-46-33(28)23(18-41)19-42-2/h7-10,17-22H,6,11-16,41H2,1-5H3,(H,44,46)(H,45,51)/p+1/b23-18+,42-19?. The second-order valence-electron chi connectivity index (χ2n) is 13.1. The van der Waals surface area contributed by atoms with E-state index >= 15 is 8.78 Å². The Hall–Kier alpha value is -5.41. The lowest BCUT2D eigenvalue weighted by Gasteiger charge is -2.36. The van der Waals surface area contributed by atoms with Crippen LogP contribution in [0.4, 0.5) is 14.5 Å². The van der Waals surface area contributed by atoms with Crippen molar-refractivity contribution in [2.24, 2.45) is 23.7 Å². The maximum absolute atomic E-state index is 15.6. The Morgan fingerprint density at radius 3 is 2.38 bits per heavy atom. The molecule has 0 spiro atoms. The summed E-state index contributed by atoms with van der Waals surface area (Å²) in [5.41, 5.74) is 7.36. The Kier molecular flexibility index (Phi) is 12.4. The van der Waals surface area contributed by atoms with E-state index in [1.807, 2.05) is 11.8 Å². The molecule has 1 atom stereocenters. The summed E-state index contributed by atoms with van der Waals surface area (Å²) < 4.78 is 32.5. The number of aromatic amines is 1. The smallest absolute Gasteiger partial charge is 0.291 e. The number of rotatable bonds is 12. The predicted octanol–water partition coefficient (Wildman–Crippen LogP) is 3.51. The van der Waals surface area contributed by atoms with E-state index in [0.717, 1.165) is 19.4 Å². The van der Waals surface area contributed by atoms with Gasteiger partial charge in [0.25, 0.3) is 11.8 Å². The molecule has 2 aromatic carbocycles. The van der Waals surface area contributed by atoms with E-state index in [2.05, 4.69) is 39.6 Å². The zero-order valence-electron chi connectivity index (χ0n) is 30.3. The van der Waals surface area contributed by atoms with Gasteiger partial charge in [-0.3, -0.25) is 24.5 Å². The Morgan fingerprint density at radius 2 is 1.74 bits per heavy atom. The van der Waals surface area contributed by atoms with Crippen LogP contribution in [0, 0.1) is 17.6 Å². The van der Waals surface area contributed by atoms with Gasteiger partial charge in [-0.2, -0.15) is 5.10 Å². The Morgan fingerprint density at radius 1 is 1.06 bits per heavy atom. The Labute approximate surface area is 311 Å². The number of carbonyl (C=O) groups is 3. The first-order chi connectivity index (χ1) is 25.4. The number of benzene rings is 2. The molecule has 1 saturated heterocycles. The first-order valence-electron chi connectivity index (χ1n) is 17.3. The van der Waals surface area contributed by atoms with E-state index in [4.69, 9.17) is 17.3 Å². The number of allylic oxidation sites excluding steroid dienone is 1. The number of quaternary nitrogens is 1. The number of hydrogen-bond donors (Lipinski definition) is 4. The van der Waals surface area contributed by atoms with Crippen LogP contribution in [0.25, 0.3) is 28.0 Å². The monoisotopic (exact) mass is 749 g/mol. The molecule has 13 nitrogen and oxygen atoms in total. The molecule has 1 unspecified atom stereocenters. The molecule has 0 saturated carbocycles. The molecule has 16 heteroatoms. The summed E-state index contributed by atoms with van der Waals surface area (Å²) in [5.74, 6) is -3.14. The van der Waals surface area contributed by atoms with Crippen molar-refractivity contribution in [1.29, 1.82) is 0 Å². The summed E-state index contributed by atoms with van der Waals surface area (Å²) in [6, 6.07) is 7.35. The van der Waals surface area contributed by atoms with Gasteiger partial charge in [0.2, 0.25) is 5.91 Å². The number of halogens is 3. The molecule has 1 fully saturated rings. The Balaban J connectivity index is 1.25. The molecule has 53 heavy (non-hydrogen) atoms. The van der Waals surface area contributed by atoms with Crippen LogP contribution >= 0.6 is 11.6 Å². The van der Waals surface area contributed by atoms with Gasteiger partial charge in [-0.25, -0.2) is 13.8 Å². The van der Waals surface area contributed by atoms with Crippen molar-refractivity contribution in [2.45, 2.75) is 19.8 Å². The highest BCUT2D eigenvalue weighted by Crippen LogP contribution is 2.34. The number of piperazine rings is 1. The van der Waals surface area contributed by atoms with Gasteiger partial charge < -0.3 is 30.3 Å². The lowest BCUT2D eigenvalue weighted by molar-refractivity contribution is -0.858. The van der Waals surface area contributed by atoms with Crippen LogP contribution in [0.1, 0.15) is 46.4 Å². The molecule has 0 radical (unpaired) electrons. The fraction of sp³-hybridized carbons (Fsp3) is 0.351. The minimum absolute atomic E-state index is 0.0328. The minimum Gasteiger partial charge on any atom is -0.404 e. The van der Waals surface area contributed by atoms with Gasteiger partial charge >= 0.3 is 0 Å². The summed E-state index contributed by atoms with van der Waals surface area (Å²) in [7, 11) is 7.20. The third kappa shape index (κ3) is 8.31. The number of nitrogens with one attached hydrogen (secondary N) is 3. The van der Waals surface area contributed by atoms with Crippen LogP contribution in [0.3, 0.4) is 0 Å². The zero-order chi connectivity index (χ0) is 38.4. The van der Waals surface area contributed by atoms with E-state index in [0.29, 0.717) is 43.1 Å². The maximum atomic E-state index is 15.6. The highest BCUT2D eigenvalue weighted by Gasteiger charge is 2.30. The second-order valence-corrected chi connectivity index (χ2v) is 13.5. The average molecular weight is 750 g/mol. The molecule has 280 valence electrons. The normalized spacial score (nSPS) is 14.3. The number of nitrogens with zero attached hydrogens (tertiary/aromatic N) is 6. The van der Waals surface area contributed by atoms with E-state index < -0.39 is 17.5 Å². The zero-order valence-corrected chi connectivity index (χ0v) is 31.1. The third-order valence-electron chi connectivity index (χ3n) is 9.39. The van der Waals surface area contributed by atoms with E-state index in [-0.39, 0.29) is 56.5 Å². The van der Waals surface area contributed by atoms with Gasteiger partial charge in [0, 0.05) is 93.0 Å². The van der Waals surface area contributed by atoms with Crippen LogP contribution < -0.4 is 16.0 Å². The summed E-state index contributed by atoms with van der Waals surface area (Å²) in [6.07, 6.45) is 6.98. The highest BCUT2D eigenvalue weighted by atomic mass is 35.5. The maximum Gasteiger partial charge on any atom is 0.291 e. The van der Waals surface area contributed by atoms with Gasteiger partial charge in [-0.05, 0) is 30.7 Å². The van der Waals surface area contributed by atoms with E-state index in [1.54, 1.807) is 18.0 Å². The van der Waals surface area contributed by atoms with Gasteiger partial charge in [-0.15, -0.1) is 0 Å². The second kappa shape index (κ2) is 16.9. The number of H-pyrrole nitrogens is 1. The summed E-state index contributed by atoms with van der Waals surface area (Å²) in [5, 5.41) is 9.55. The van der Waals surface area contributed by atoms with Crippen molar-refractivity contribution >= 4 is 46.8 Å². The number of carbonyl (C=O) groups excluding carboxylic acids is 3. The SMILES string of the molecule is CCC(CC[NH+](C)C)C(=O)N1CCN(C(=O)c2ccc(NC(=O)c3ncc(-c4ccc(-c5cn[nH]c5/C(C=NC)=C/N)c(F)c4F)n3C)cc2Cl)CC1. The number of aliphatic imine (C=N–C) groups is 1. The number of aromatic nitrogens is 4. The van der Waals surface area contributed by atoms with E-state index in [1.165, 1.54) is 65.6 Å². The van der Waals surface area contributed by atoms with Gasteiger partial charge in [0.15, 0.2) is 17.5 Å². The molecule has 0 aliphatic carbocycles. The summed E-state index contributed by atoms with van der Waals surface area (Å²) in [6.45, 7) is 4.60. The number of hydrogen-bond acceptors (Lipinski definition) is 7. The van der Waals surface area contributed by atoms with Crippen LogP contribution in [-0.4, -0.2) is 107 Å². The van der Waals surface area contributed by atoms with Gasteiger partial charge in [0.05, 0.1) is 55.0 Å². The Bertz CT molecular complexity index is 2050. The molecule has 2 aromatic heterocycles. The summed E-state index contributed by atoms with van der Waals surface area (Å²) in [4.78, 5) is 52.7. The quantitative estimate of drug-likeness (QED) is 0.162. The van der Waals surface area contributed by atoms with Crippen molar-refractivity contribution < 1.29 is 28.1 Å². The molecule has 1 aliphatic heterocycles. The first kappa shape index (κ1) is 38.8.